The maximum absolute atomic E-state index is 13.3. The van der Waals surface area contributed by atoms with Crippen LogP contribution >= 0.6 is 0 Å². The molecule has 0 radical (unpaired) electrons. The van der Waals surface area contributed by atoms with Crippen molar-refractivity contribution in [1.82, 2.24) is 15.3 Å². The summed E-state index contributed by atoms with van der Waals surface area (Å²) < 4.78 is 10.4. The van der Waals surface area contributed by atoms with Gasteiger partial charge in [-0.25, -0.2) is 15.4 Å². The van der Waals surface area contributed by atoms with Gasteiger partial charge in [-0.15, -0.1) is 0 Å². The third kappa shape index (κ3) is 6.74. The van der Waals surface area contributed by atoms with E-state index in [1.165, 1.54) is 0 Å². The number of anilines is 1. The van der Waals surface area contributed by atoms with Gasteiger partial charge in [-0.2, -0.15) is 5.01 Å². The largest absolute Gasteiger partial charge is 0.444 e. The lowest BCUT2D eigenvalue weighted by Gasteiger charge is -2.29. The molecule has 11 nitrogen and oxygen atoms in total. The van der Waals surface area contributed by atoms with E-state index in [0.29, 0.717) is 6.54 Å². The number of amides is 4. The molecule has 2 aromatic carbocycles. The van der Waals surface area contributed by atoms with Gasteiger partial charge in [0, 0.05) is 35.8 Å². The number of nitrogens with one attached hydrogen (secondary N) is 2. The van der Waals surface area contributed by atoms with Gasteiger partial charge in [-0.3, -0.25) is 9.59 Å². The van der Waals surface area contributed by atoms with Crippen molar-refractivity contribution >= 4 is 40.6 Å². The number of fused-ring (bicyclic) bond motifs is 2. The maximum atomic E-state index is 13.3. The summed E-state index contributed by atoms with van der Waals surface area (Å²) in [4.78, 5) is 56.0. The highest BCUT2D eigenvalue weighted by Gasteiger charge is 2.32. The number of nitrogens with two attached hydrogens (primary N) is 1. The second-order valence-electron chi connectivity index (χ2n) is 10.3. The number of imide groups is 1. The number of H-pyrrole nitrogens is 1. The highest BCUT2D eigenvalue weighted by molar-refractivity contribution is 5.99. The minimum absolute atomic E-state index is 0.0204. The lowest BCUT2D eigenvalue weighted by Crippen LogP contribution is -2.55. The van der Waals surface area contributed by atoms with Crippen molar-refractivity contribution in [3.8, 4) is 0 Å². The van der Waals surface area contributed by atoms with Gasteiger partial charge in [-0.1, -0.05) is 36.4 Å². The van der Waals surface area contributed by atoms with Gasteiger partial charge in [0.2, 0.25) is 0 Å². The number of carbonyl (C=O) groups is 4. The molecule has 3 aromatic rings. The third-order valence-electron chi connectivity index (χ3n) is 6.25. The number of aromatic amines is 1. The van der Waals surface area contributed by atoms with E-state index in [1.807, 2.05) is 48.5 Å². The van der Waals surface area contributed by atoms with E-state index in [2.05, 4.69) is 10.3 Å². The fourth-order valence-electron chi connectivity index (χ4n) is 4.49. The number of para-hydroxylation sites is 2. The smallest absolute Gasteiger partial charge is 0.431 e. The number of hydrogen-bond donors (Lipinski definition) is 3. The number of carbonyl (C=O) groups excluding carboxylic acids is 4. The van der Waals surface area contributed by atoms with Crippen LogP contribution in [0.2, 0.25) is 0 Å². The zero-order valence-electron chi connectivity index (χ0n) is 22.2. The number of hydrogen-bond acceptors (Lipinski definition) is 7. The summed E-state index contributed by atoms with van der Waals surface area (Å²) in [6.45, 7) is 4.96. The van der Waals surface area contributed by atoms with E-state index in [1.54, 1.807) is 31.9 Å². The summed E-state index contributed by atoms with van der Waals surface area (Å²) in [5, 5.41) is 3.63. The Hall–Kier alpha value is -4.38. The number of rotatable bonds is 6. The molecule has 1 aliphatic heterocycles. The van der Waals surface area contributed by atoms with Gasteiger partial charge >= 0.3 is 12.2 Å². The monoisotopic (exact) mass is 535 g/mol. The van der Waals surface area contributed by atoms with Crippen LogP contribution in [0.4, 0.5) is 15.3 Å². The molecule has 1 aromatic heterocycles. The van der Waals surface area contributed by atoms with Gasteiger partial charge in [0.05, 0.1) is 0 Å². The molecule has 1 atom stereocenters. The normalized spacial score (nSPS) is 13.8. The zero-order chi connectivity index (χ0) is 28.2. The van der Waals surface area contributed by atoms with Crippen LogP contribution in [-0.4, -0.2) is 58.8 Å². The Bertz CT molecular complexity index is 1380. The average molecular weight is 536 g/mol. The van der Waals surface area contributed by atoms with E-state index >= 15 is 0 Å². The Morgan fingerprint density at radius 2 is 1.82 bits per heavy atom. The molecule has 2 heterocycles. The Morgan fingerprint density at radius 1 is 1.10 bits per heavy atom. The Balaban J connectivity index is 1.44. The molecule has 0 saturated heterocycles. The van der Waals surface area contributed by atoms with Crippen LogP contribution in [0.1, 0.15) is 38.3 Å². The molecule has 4 amide bonds. The fourth-order valence-corrected chi connectivity index (χ4v) is 4.49. The SMILES string of the molecule is CC(C)(C)OC(=O)N[C@@H](Cc1c[nH]c2ccccc12)C(=O)N(N)C(=O)OCC(=O)N1CCCc2ccccc21. The van der Waals surface area contributed by atoms with E-state index in [4.69, 9.17) is 15.3 Å². The molecule has 0 saturated carbocycles. The first kappa shape index (κ1) is 27.6. The molecule has 4 rings (SSSR count). The van der Waals surface area contributed by atoms with Gasteiger partial charge in [0.1, 0.15) is 11.6 Å². The average Bonchev–Trinajstić information content (AvgIpc) is 3.31. The van der Waals surface area contributed by atoms with Crippen LogP contribution in [0.15, 0.2) is 54.7 Å². The second-order valence-corrected chi connectivity index (χ2v) is 10.3. The van der Waals surface area contributed by atoms with Gasteiger partial charge in [-0.05, 0) is 56.9 Å². The summed E-state index contributed by atoms with van der Waals surface area (Å²) in [5.74, 6) is 4.48. The van der Waals surface area contributed by atoms with E-state index in [9.17, 15) is 19.2 Å². The molecular weight excluding hydrogens is 502 g/mol. The van der Waals surface area contributed by atoms with Crippen molar-refractivity contribution in [3.05, 3.63) is 65.9 Å². The van der Waals surface area contributed by atoms with Crippen LogP contribution in [0.25, 0.3) is 10.9 Å². The molecule has 39 heavy (non-hydrogen) atoms. The summed E-state index contributed by atoms with van der Waals surface area (Å²) in [6.07, 6.45) is 1.31. The summed E-state index contributed by atoms with van der Waals surface area (Å²) in [5.41, 5.74) is 2.56. The number of benzene rings is 2. The lowest BCUT2D eigenvalue weighted by molar-refractivity contribution is -0.133. The molecule has 0 spiro atoms. The lowest BCUT2D eigenvalue weighted by atomic mass is 10.0. The highest BCUT2D eigenvalue weighted by atomic mass is 16.6. The molecule has 0 aliphatic carbocycles. The first-order chi connectivity index (χ1) is 18.5. The van der Waals surface area contributed by atoms with Gasteiger partial charge in [0.15, 0.2) is 6.61 Å². The van der Waals surface area contributed by atoms with Crippen molar-refractivity contribution in [2.75, 3.05) is 18.1 Å². The predicted molar refractivity (Wildman–Crippen MR) is 145 cm³/mol. The molecule has 0 unspecified atom stereocenters. The molecule has 1 aliphatic rings. The third-order valence-corrected chi connectivity index (χ3v) is 6.25. The summed E-state index contributed by atoms with van der Waals surface area (Å²) >= 11 is 0. The molecule has 0 bridgehead atoms. The standard InChI is InChI=1S/C28H33N5O6/c1-28(2,3)39-26(36)31-22(15-19-16-30-21-12-6-5-11-20(19)21)25(35)33(29)27(37)38-17-24(34)32-14-8-10-18-9-4-7-13-23(18)32/h4-7,9,11-13,16,22,30H,8,10,14-15,17,29H2,1-3H3,(H,31,36)/t22-/m0/s1. The quantitative estimate of drug-likeness (QED) is 0.249. The highest BCUT2D eigenvalue weighted by Crippen LogP contribution is 2.26. The zero-order valence-corrected chi connectivity index (χ0v) is 22.2. The minimum atomic E-state index is -1.25. The van der Waals surface area contributed by atoms with Crippen LogP contribution in [-0.2, 0) is 31.9 Å². The van der Waals surface area contributed by atoms with E-state index in [-0.39, 0.29) is 11.4 Å². The molecule has 4 N–H and O–H groups in total. The minimum Gasteiger partial charge on any atom is -0.444 e. The number of aryl methyl sites for hydroxylation is 1. The van der Waals surface area contributed by atoms with Crippen LogP contribution in [0.3, 0.4) is 0 Å². The molecule has 0 fully saturated rings. The fraction of sp³-hybridized carbons (Fsp3) is 0.357. The molecule has 206 valence electrons. The van der Waals surface area contributed by atoms with E-state index in [0.717, 1.165) is 40.6 Å². The number of ether oxygens (including phenoxy) is 2. The van der Waals surface area contributed by atoms with Crippen molar-refractivity contribution < 1.29 is 28.7 Å². The maximum Gasteiger partial charge on any atom is 0.431 e. The summed E-state index contributed by atoms with van der Waals surface area (Å²) in [6, 6.07) is 13.7. The topological polar surface area (TPSA) is 147 Å². The number of aromatic nitrogens is 1. The van der Waals surface area contributed by atoms with E-state index < -0.39 is 42.3 Å². The number of nitrogens with zero attached hydrogens (tertiary/aromatic N) is 2. The number of alkyl carbamates (subject to hydrolysis) is 1. The van der Waals surface area contributed by atoms with Crippen LogP contribution in [0, 0.1) is 0 Å². The van der Waals surface area contributed by atoms with Crippen molar-refractivity contribution in [2.24, 2.45) is 5.84 Å². The van der Waals surface area contributed by atoms with Gasteiger partial charge in [0.25, 0.3) is 11.8 Å². The Kier molecular flexibility index (Phi) is 8.20. The Labute approximate surface area is 226 Å². The molecular formula is C28H33N5O6. The van der Waals surface area contributed by atoms with Crippen LogP contribution < -0.4 is 16.1 Å². The van der Waals surface area contributed by atoms with Crippen molar-refractivity contribution in [2.45, 2.75) is 51.7 Å². The summed E-state index contributed by atoms with van der Waals surface area (Å²) in [7, 11) is 0. The predicted octanol–water partition coefficient (Wildman–Crippen LogP) is 3.42. The first-order valence-corrected chi connectivity index (χ1v) is 12.7. The first-order valence-electron chi connectivity index (χ1n) is 12.7. The number of hydrazine groups is 1. The van der Waals surface area contributed by atoms with Crippen LogP contribution in [0.5, 0.6) is 0 Å². The van der Waals surface area contributed by atoms with Gasteiger partial charge < -0.3 is 24.7 Å². The second kappa shape index (κ2) is 11.6. The molecule has 11 heteroatoms. The van der Waals surface area contributed by atoms with Crippen molar-refractivity contribution in [1.29, 1.82) is 0 Å². The Morgan fingerprint density at radius 3 is 2.59 bits per heavy atom. The van der Waals surface area contributed by atoms with Crippen molar-refractivity contribution in [3.63, 3.8) is 0 Å².